The number of nitrogens with zero attached hydrogens (tertiary/aromatic N) is 2. The van der Waals surface area contributed by atoms with Crippen molar-refractivity contribution in [3.05, 3.63) is 34.0 Å². The van der Waals surface area contributed by atoms with Crippen LogP contribution in [0.4, 0.5) is 0 Å². The Labute approximate surface area is 148 Å². The van der Waals surface area contributed by atoms with Crippen molar-refractivity contribution < 1.29 is 0 Å². The fraction of sp³-hybridized carbons (Fsp3) is 0.500. The molecule has 1 heterocycles. The molecule has 1 aromatic heterocycles. The molecule has 0 saturated heterocycles. The summed E-state index contributed by atoms with van der Waals surface area (Å²) in [6, 6.07) is 4.02. The summed E-state index contributed by atoms with van der Waals surface area (Å²) in [5, 5.41) is 3.37. The molecular weight excluding hydrogens is 405 g/mol. The third kappa shape index (κ3) is 7.50. The maximum atomic E-state index is 5.91. The molecule has 3 nitrogen and oxygen atoms in total. The Kier molecular flexibility index (Phi) is 11.2. The Balaban J connectivity index is 0.00000361. The lowest BCUT2D eigenvalue weighted by Crippen LogP contribution is -2.40. The van der Waals surface area contributed by atoms with Crippen molar-refractivity contribution in [1.29, 1.82) is 0 Å². The van der Waals surface area contributed by atoms with Crippen LogP contribution in [0.15, 0.2) is 29.8 Å². The molecular formula is C14H23ClIN3S. The van der Waals surface area contributed by atoms with Crippen molar-refractivity contribution in [2.45, 2.75) is 19.3 Å². The van der Waals surface area contributed by atoms with Gasteiger partial charge in [0, 0.05) is 32.1 Å². The average molecular weight is 428 g/mol. The molecule has 0 aliphatic carbocycles. The van der Waals surface area contributed by atoms with Crippen LogP contribution in [0.25, 0.3) is 0 Å². The number of hydrogen-bond donors (Lipinski definition) is 1. The van der Waals surface area contributed by atoms with Crippen LogP contribution in [0.5, 0.6) is 0 Å². The number of thiophene rings is 1. The summed E-state index contributed by atoms with van der Waals surface area (Å²) in [7, 11) is 3.87. The Bertz CT molecular complexity index is 420. The SMILES string of the molecule is C=CCCCN(C)C(=NC)NCCc1ccc(Cl)s1.I. The van der Waals surface area contributed by atoms with Gasteiger partial charge in [-0.2, -0.15) is 0 Å². The van der Waals surface area contributed by atoms with Gasteiger partial charge in [-0.15, -0.1) is 41.9 Å². The number of hydrogen-bond acceptors (Lipinski definition) is 2. The molecule has 0 amide bonds. The largest absolute Gasteiger partial charge is 0.356 e. The predicted molar refractivity (Wildman–Crippen MR) is 102 cm³/mol. The van der Waals surface area contributed by atoms with E-state index in [4.69, 9.17) is 11.6 Å². The standard InChI is InChI=1S/C14H22ClN3S.HI/c1-4-5-6-11-18(3)14(16-2)17-10-9-12-7-8-13(15)19-12;/h4,7-8H,1,5-6,9-11H2,2-3H3,(H,16,17);1H. The van der Waals surface area contributed by atoms with E-state index in [0.717, 1.165) is 42.6 Å². The van der Waals surface area contributed by atoms with E-state index in [9.17, 15) is 0 Å². The zero-order chi connectivity index (χ0) is 14.1. The third-order valence-electron chi connectivity index (χ3n) is 2.76. The monoisotopic (exact) mass is 427 g/mol. The minimum absolute atomic E-state index is 0. The lowest BCUT2D eigenvalue weighted by Gasteiger charge is -2.21. The van der Waals surface area contributed by atoms with E-state index >= 15 is 0 Å². The zero-order valence-corrected chi connectivity index (χ0v) is 16.0. The molecule has 0 saturated carbocycles. The van der Waals surface area contributed by atoms with E-state index in [-0.39, 0.29) is 24.0 Å². The summed E-state index contributed by atoms with van der Waals surface area (Å²) < 4.78 is 0.848. The van der Waals surface area contributed by atoms with Crippen molar-refractivity contribution in [3.63, 3.8) is 0 Å². The van der Waals surface area contributed by atoms with E-state index < -0.39 is 0 Å². The van der Waals surface area contributed by atoms with Crippen LogP contribution >= 0.6 is 46.9 Å². The van der Waals surface area contributed by atoms with Gasteiger partial charge < -0.3 is 10.2 Å². The van der Waals surface area contributed by atoms with Crippen molar-refractivity contribution in [1.82, 2.24) is 10.2 Å². The Hall–Kier alpha value is -0.270. The first-order valence-corrected chi connectivity index (χ1v) is 7.63. The highest BCUT2D eigenvalue weighted by molar-refractivity contribution is 14.0. The zero-order valence-electron chi connectivity index (χ0n) is 12.1. The summed E-state index contributed by atoms with van der Waals surface area (Å²) in [4.78, 5) is 7.72. The van der Waals surface area contributed by atoms with Crippen LogP contribution in [0.2, 0.25) is 4.34 Å². The van der Waals surface area contributed by atoms with E-state index in [1.807, 2.05) is 19.2 Å². The molecule has 1 rings (SSSR count). The summed E-state index contributed by atoms with van der Waals surface area (Å²) in [6.07, 6.45) is 5.05. The van der Waals surface area contributed by atoms with Gasteiger partial charge >= 0.3 is 0 Å². The van der Waals surface area contributed by atoms with E-state index in [1.165, 1.54) is 4.88 Å². The molecule has 0 unspecified atom stereocenters. The van der Waals surface area contributed by atoms with Gasteiger partial charge in [0.25, 0.3) is 0 Å². The molecule has 0 fully saturated rings. The smallest absolute Gasteiger partial charge is 0.193 e. The lowest BCUT2D eigenvalue weighted by molar-refractivity contribution is 0.470. The molecule has 0 aliphatic heterocycles. The Morgan fingerprint density at radius 2 is 2.30 bits per heavy atom. The third-order valence-corrected chi connectivity index (χ3v) is 4.05. The number of halogens is 2. The highest BCUT2D eigenvalue weighted by Crippen LogP contribution is 2.21. The number of guanidine groups is 1. The number of nitrogens with one attached hydrogen (secondary N) is 1. The molecule has 1 aromatic rings. The molecule has 0 bridgehead atoms. The number of rotatable bonds is 7. The van der Waals surface area contributed by atoms with E-state index in [1.54, 1.807) is 11.3 Å². The van der Waals surface area contributed by atoms with Crippen LogP contribution in [0.1, 0.15) is 17.7 Å². The predicted octanol–water partition coefficient (Wildman–Crippen LogP) is 4.04. The molecule has 0 radical (unpaired) electrons. The van der Waals surface area contributed by atoms with Gasteiger partial charge in [0.15, 0.2) is 5.96 Å². The van der Waals surface area contributed by atoms with Gasteiger partial charge in [0.1, 0.15) is 0 Å². The Morgan fingerprint density at radius 3 is 2.85 bits per heavy atom. The Morgan fingerprint density at radius 1 is 1.55 bits per heavy atom. The van der Waals surface area contributed by atoms with Gasteiger partial charge in [-0.25, -0.2) is 0 Å². The minimum Gasteiger partial charge on any atom is -0.356 e. The van der Waals surface area contributed by atoms with Crippen LogP contribution in [0, 0.1) is 0 Å². The summed E-state index contributed by atoms with van der Waals surface area (Å²) in [5.41, 5.74) is 0. The normalized spacial score (nSPS) is 10.8. The van der Waals surface area contributed by atoms with Gasteiger partial charge in [-0.1, -0.05) is 17.7 Å². The van der Waals surface area contributed by atoms with Crippen molar-refractivity contribution >= 4 is 52.9 Å². The first-order valence-electron chi connectivity index (χ1n) is 6.44. The topological polar surface area (TPSA) is 27.6 Å². The summed E-state index contributed by atoms with van der Waals surface area (Å²) in [6.45, 7) is 5.59. The second-order valence-corrected chi connectivity index (χ2v) is 6.08. The van der Waals surface area contributed by atoms with Gasteiger partial charge in [-0.3, -0.25) is 4.99 Å². The highest BCUT2D eigenvalue weighted by Gasteiger charge is 2.05. The van der Waals surface area contributed by atoms with Crippen molar-refractivity contribution in [2.24, 2.45) is 4.99 Å². The maximum Gasteiger partial charge on any atom is 0.193 e. The van der Waals surface area contributed by atoms with E-state index in [0.29, 0.717) is 0 Å². The molecule has 0 aromatic carbocycles. The second kappa shape index (κ2) is 11.4. The minimum atomic E-state index is 0. The molecule has 0 aliphatic rings. The first-order chi connectivity index (χ1) is 9.17. The molecule has 0 spiro atoms. The summed E-state index contributed by atoms with van der Waals surface area (Å²) >= 11 is 7.54. The molecule has 0 atom stereocenters. The molecule has 114 valence electrons. The van der Waals surface area contributed by atoms with Gasteiger partial charge in [0.2, 0.25) is 0 Å². The molecule has 20 heavy (non-hydrogen) atoms. The highest BCUT2D eigenvalue weighted by atomic mass is 127. The lowest BCUT2D eigenvalue weighted by atomic mass is 10.3. The fourth-order valence-corrected chi connectivity index (χ4v) is 2.83. The van der Waals surface area contributed by atoms with Crippen molar-refractivity contribution in [3.8, 4) is 0 Å². The van der Waals surface area contributed by atoms with Crippen LogP contribution in [0.3, 0.4) is 0 Å². The first kappa shape index (κ1) is 19.7. The van der Waals surface area contributed by atoms with Crippen molar-refractivity contribution in [2.75, 3.05) is 27.2 Å². The number of allylic oxidation sites excluding steroid dienone is 1. The quantitative estimate of drug-likeness (QED) is 0.234. The van der Waals surface area contributed by atoms with Crippen LogP contribution in [-0.4, -0.2) is 38.0 Å². The average Bonchev–Trinajstić information content (AvgIpc) is 2.80. The van der Waals surface area contributed by atoms with E-state index in [2.05, 4.69) is 34.9 Å². The van der Waals surface area contributed by atoms with Crippen LogP contribution in [-0.2, 0) is 6.42 Å². The van der Waals surface area contributed by atoms with Crippen LogP contribution < -0.4 is 5.32 Å². The fourth-order valence-electron chi connectivity index (χ4n) is 1.75. The molecule has 1 N–H and O–H groups in total. The second-order valence-electron chi connectivity index (χ2n) is 4.28. The number of unbranched alkanes of at least 4 members (excludes halogenated alkanes) is 1. The van der Waals surface area contributed by atoms with Gasteiger partial charge in [0.05, 0.1) is 4.34 Å². The number of aliphatic imine (C=N–C) groups is 1. The van der Waals surface area contributed by atoms with Gasteiger partial charge in [-0.05, 0) is 31.4 Å². The maximum absolute atomic E-state index is 5.91. The summed E-state index contributed by atoms with van der Waals surface area (Å²) in [5.74, 6) is 0.937. The molecule has 6 heteroatoms.